The van der Waals surface area contributed by atoms with Crippen molar-refractivity contribution in [3.05, 3.63) is 28.3 Å². The van der Waals surface area contributed by atoms with Gasteiger partial charge in [0.05, 0.1) is 7.11 Å². The van der Waals surface area contributed by atoms with Crippen LogP contribution in [0.3, 0.4) is 0 Å². The lowest BCUT2D eigenvalue weighted by Gasteiger charge is -2.24. The maximum Gasteiger partial charge on any atom is 0.123 e. The first kappa shape index (κ1) is 9.81. The molecule has 1 unspecified atom stereocenters. The third-order valence-corrected chi connectivity index (χ3v) is 2.99. The minimum absolute atomic E-state index is 0.117. The summed E-state index contributed by atoms with van der Waals surface area (Å²) in [6.45, 7) is 0. The van der Waals surface area contributed by atoms with E-state index in [9.17, 15) is 0 Å². The normalized spacial score (nSPS) is 20.4. The Morgan fingerprint density at radius 2 is 2.29 bits per heavy atom. The van der Waals surface area contributed by atoms with Gasteiger partial charge in [-0.25, -0.2) is 0 Å². The Hall–Kier alpha value is -0.730. The van der Waals surface area contributed by atoms with Crippen LogP contribution in [0.1, 0.15) is 30.0 Å². The van der Waals surface area contributed by atoms with E-state index < -0.39 is 0 Å². The van der Waals surface area contributed by atoms with E-state index in [1.54, 1.807) is 7.11 Å². The highest BCUT2D eigenvalue weighted by Gasteiger charge is 2.20. The summed E-state index contributed by atoms with van der Waals surface area (Å²) in [7, 11) is 1.67. The Morgan fingerprint density at radius 1 is 1.50 bits per heavy atom. The third-order valence-electron chi connectivity index (χ3n) is 2.77. The van der Waals surface area contributed by atoms with E-state index in [1.165, 1.54) is 5.56 Å². The molecule has 3 heteroatoms. The molecule has 0 bridgehead atoms. The van der Waals surface area contributed by atoms with E-state index in [1.807, 2.05) is 12.1 Å². The monoisotopic (exact) mass is 211 g/mol. The lowest BCUT2D eigenvalue weighted by molar-refractivity contribution is 0.403. The van der Waals surface area contributed by atoms with Crippen LogP contribution >= 0.6 is 11.6 Å². The fourth-order valence-corrected chi connectivity index (χ4v) is 2.28. The third kappa shape index (κ3) is 1.60. The Balaban J connectivity index is 2.54. The predicted molar refractivity (Wildman–Crippen MR) is 57.9 cm³/mol. The van der Waals surface area contributed by atoms with Crippen molar-refractivity contribution in [2.75, 3.05) is 7.11 Å². The molecular weight excluding hydrogens is 198 g/mol. The van der Waals surface area contributed by atoms with E-state index in [-0.39, 0.29) is 6.04 Å². The van der Waals surface area contributed by atoms with Crippen molar-refractivity contribution < 1.29 is 4.74 Å². The molecule has 14 heavy (non-hydrogen) atoms. The van der Waals surface area contributed by atoms with Gasteiger partial charge in [0.2, 0.25) is 0 Å². The second kappa shape index (κ2) is 3.79. The number of methoxy groups -OCH3 is 1. The van der Waals surface area contributed by atoms with Crippen LogP contribution in [0.4, 0.5) is 0 Å². The molecule has 0 spiro atoms. The summed E-state index contributed by atoms with van der Waals surface area (Å²) < 4.78 is 5.30. The van der Waals surface area contributed by atoms with Crippen molar-refractivity contribution in [3.63, 3.8) is 0 Å². The molecule has 1 aliphatic rings. The van der Waals surface area contributed by atoms with Crippen molar-refractivity contribution >= 4 is 11.6 Å². The van der Waals surface area contributed by atoms with Crippen LogP contribution in [0.15, 0.2) is 12.1 Å². The van der Waals surface area contributed by atoms with Gasteiger partial charge in [-0.3, -0.25) is 0 Å². The maximum atomic E-state index is 6.02. The number of rotatable bonds is 1. The molecule has 0 aliphatic heterocycles. The van der Waals surface area contributed by atoms with E-state index in [4.69, 9.17) is 22.1 Å². The Kier molecular flexibility index (Phi) is 2.66. The summed E-state index contributed by atoms with van der Waals surface area (Å²) in [5.74, 6) is 0.877. The zero-order valence-corrected chi connectivity index (χ0v) is 8.97. The zero-order valence-electron chi connectivity index (χ0n) is 8.22. The zero-order chi connectivity index (χ0) is 10.1. The lowest BCUT2D eigenvalue weighted by atomic mass is 9.87. The molecule has 1 aliphatic carbocycles. The fourth-order valence-electron chi connectivity index (χ4n) is 2.07. The molecule has 0 aromatic heterocycles. The van der Waals surface area contributed by atoms with Crippen LogP contribution in [-0.4, -0.2) is 7.11 Å². The topological polar surface area (TPSA) is 35.2 Å². The van der Waals surface area contributed by atoms with Crippen molar-refractivity contribution in [2.24, 2.45) is 5.73 Å². The molecule has 0 fully saturated rings. The summed E-state index contributed by atoms with van der Waals surface area (Å²) in [6, 6.07) is 3.94. The second-order valence-corrected chi connectivity index (χ2v) is 4.11. The molecule has 1 aromatic rings. The average molecular weight is 212 g/mol. The van der Waals surface area contributed by atoms with Gasteiger partial charge in [0, 0.05) is 11.1 Å². The van der Waals surface area contributed by atoms with Gasteiger partial charge in [0.25, 0.3) is 0 Å². The summed E-state index contributed by atoms with van der Waals surface area (Å²) in [6.07, 6.45) is 3.21. The Morgan fingerprint density at radius 3 is 3.00 bits per heavy atom. The van der Waals surface area contributed by atoms with Crippen molar-refractivity contribution in [1.29, 1.82) is 0 Å². The molecule has 0 amide bonds. The molecule has 2 N–H and O–H groups in total. The number of ether oxygens (including phenoxy) is 1. The first-order chi connectivity index (χ1) is 6.72. The Bertz CT molecular complexity index is 351. The summed E-state index contributed by atoms with van der Waals surface area (Å²) in [4.78, 5) is 0. The molecule has 0 saturated carbocycles. The molecule has 0 radical (unpaired) electrons. The molecule has 2 nitrogen and oxygen atoms in total. The predicted octanol–water partition coefficient (Wildman–Crippen LogP) is 2.68. The summed E-state index contributed by atoms with van der Waals surface area (Å²) >= 11 is 5.99. The summed E-state index contributed by atoms with van der Waals surface area (Å²) in [5, 5.41) is 0.706. The molecule has 1 aromatic carbocycles. The van der Waals surface area contributed by atoms with Crippen LogP contribution in [-0.2, 0) is 6.42 Å². The molecular formula is C11H14ClNO. The van der Waals surface area contributed by atoms with Gasteiger partial charge in [-0.15, -0.1) is 0 Å². The molecule has 1 atom stereocenters. The Labute approximate surface area is 89.0 Å². The van der Waals surface area contributed by atoms with Crippen LogP contribution < -0.4 is 10.5 Å². The molecule has 2 rings (SSSR count). The number of hydrogen-bond donors (Lipinski definition) is 1. The summed E-state index contributed by atoms with van der Waals surface area (Å²) in [5.41, 5.74) is 8.41. The number of hydrogen-bond acceptors (Lipinski definition) is 2. The number of fused-ring (bicyclic) bond motifs is 1. The maximum absolute atomic E-state index is 6.02. The van der Waals surface area contributed by atoms with Crippen LogP contribution in [0, 0.1) is 0 Å². The smallest absolute Gasteiger partial charge is 0.123 e. The molecule has 0 saturated heterocycles. The van der Waals surface area contributed by atoms with E-state index in [0.29, 0.717) is 5.02 Å². The highest BCUT2D eigenvalue weighted by molar-refractivity contribution is 6.30. The van der Waals surface area contributed by atoms with Gasteiger partial charge in [-0.05, 0) is 42.5 Å². The largest absolute Gasteiger partial charge is 0.496 e. The number of halogens is 1. The van der Waals surface area contributed by atoms with E-state index in [0.717, 1.165) is 30.6 Å². The number of benzene rings is 1. The van der Waals surface area contributed by atoms with Gasteiger partial charge < -0.3 is 10.5 Å². The SMILES string of the molecule is COc1cc(Cl)cc2c1CCCC2N. The first-order valence-corrected chi connectivity index (χ1v) is 5.22. The number of nitrogens with two attached hydrogens (primary N) is 1. The molecule has 76 valence electrons. The first-order valence-electron chi connectivity index (χ1n) is 4.84. The van der Waals surface area contributed by atoms with E-state index >= 15 is 0 Å². The highest BCUT2D eigenvalue weighted by atomic mass is 35.5. The quantitative estimate of drug-likeness (QED) is 0.775. The van der Waals surface area contributed by atoms with Crippen molar-refractivity contribution in [2.45, 2.75) is 25.3 Å². The second-order valence-electron chi connectivity index (χ2n) is 3.67. The van der Waals surface area contributed by atoms with Gasteiger partial charge >= 0.3 is 0 Å². The van der Waals surface area contributed by atoms with Gasteiger partial charge in [-0.1, -0.05) is 11.6 Å². The lowest BCUT2D eigenvalue weighted by Crippen LogP contribution is -2.18. The minimum atomic E-state index is 0.117. The van der Waals surface area contributed by atoms with Gasteiger partial charge in [0.1, 0.15) is 5.75 Å². The van der Waals surface area contributed by atoms with Gasteiger partial charge in [-0.2, -0.15) is 0 Å². The van der Waals surface area contributed by atoms with E-state index in [2.05, 4.69) is 0 Å². The van der Waals surface area contributed by atoms with Crippen molar-refractivity contribution in [1.82, 2.24) is 0 Å². The van der Waals surface area contributed by atoms with Crippen LogP contribution in [0.25, 0.3) is 0 Å². The average Bonchev–Trinajstić information content (AvgIpc) is 2.18. The molecule has 0 heterocycles. The van der Waals surface area contributed by atoms with Crippen molar-refractivity contribution in [3.8, 4) is 5.75 Å². The van der Waals surface area contributed by atoms with Crippen LogP contribution in [0.2, 0.25) is 5.02 Å². The fraction of sp³-hybridized carbons (Fsp3) is 0.455. The standard InChI is InChI=1S/C11H14ClNO/c1-14-11-6-7(12)5-9-8(11)3-2-4-10(9)13/h5-6,10H,2-4,13H2,1H3. The highest BCUT2D eigenvalue weighted by Crippen LogP contribution is 2.36. The minimum Gasteiger partial charge on any atom is -0.496 e. The van der Waals surface area contributed by atoms with Crippen LogP contribution in [0.5, 0.6) is 5.75 Å². The van der Waals surface area contributed by atoms with Gasteiger partial charge in [0.15, 0.2) is 0 Å².